The smallest absolute Gasteiger partial charge is 0.264 e. The van der Waals surface area contributed by atoms with Gasteiger partial charge >= 0.3 is 0 Å². The van der Waals surface area contributed by atoms with Gasteiger partial charge in [-0.15, -0.1) is 0 Å². The van der Waals surface area contributed by atoms with E-state index in [1.165, 1.54) is 36.4 Å². The second kappa shape index (κ2) is 10.5. The molecule has 0 aliphatic heterocycles. The first-order chi connectivity index (χ1) is 15.3. The third kappa shape index (κ3) is 5.99. The summed E-state index contributed by atoms with van der Waals surface area (Å²) in [5, 5.41) is 3.07. The van der Waals surface area contributed by atoms with Crippen molar-refractivity contribution in [2.75, 3.05) is 17.5 Å². The third-order valence-electron chi connectivity index (χ3n) is 4.53. The summed E-state index contributed by atoms with van der Waals surface area (Å²) in [5.74, 6) is -0.308. The number of hydrogen-bond donors (Lipinski definition) is 1. The fraction of sp³-hybridized carbons (Fsp3) is 0.174. The summed E-state index contributed by atoms with van der Waals surface area (Å²) in [4.78, 5) is 12.6. The number of sulfonamides is 1. The number of hydrogen-bond acceptors (Lipinski definition) is 4. The highest BCUT2D eigenvalue weighted by molar-refractivity contribution is 7.92. The predicted octanol–water partition coefficient (Wildman–Crippen LogP) is 4.39. The number of halogens is 2. The molecule has 0 radical (unpaired) electrons. The zero-order valence-electron chi connectivity index (χ0n) is 17.3. The number of anilines is 1. The monoisotopic (exact) mass is 476 g/mol. The Labute approximate surface area is 191 Å². The molecule has 0 saturated carbocycles. The predicted molar refractivity (Wildman–Crippen MR) is 122 cm³/mol. The lowest BCUT2D eigenvalue weighted by molar-refractivity contribution is -0.119. The molecule has 1 N–H and O–H groups in total. The minimum atomic E-state index is -4.06. The number of benzene rings is 3. The van der Waals surface area contributed by atoms with Crippen LogP contribution in [0, 0.1) is 5.82 Å². The van der Waals surface area contributed by atoms with E-state index in [1.807, 2.05) is 6.92 Å². The summed E-state index contributed by atoms with van der Waals surface area (Å²) in [5.41, 5.74) is 0.994. The number of ether oxygens (including phenoxy) is 1. The Morgan fingerprint density at radius 1 is 1.00 bits per heavy atom. The molecule has 0 bridgehead atoms. The van der Waals surface area contributed by atoms with Crippen LogP contribution in [0.4, 0.5) is 10.1 Å². The van der Waals surface area contributed by atoms with E-state index in [-0.39, 0.29) is 17.3 Å². The zero-order valence-corrected chi connectivity index (χ0v) is 18.9. The van der Waals surface area contributed by atoms with Crippen LogP contribution in [0.5, 0.6) is 5.75 Å². The summed E-state index contributed by atoms with van der Waals surface area (Å²) in [7, 11) is -4.06. The van der Waals surface area contributed by atoms with Crippen molar-refractivity contribution in [1.29, 1.82) is 0 Å². The van der Waals surface area contributed by atoms with Gasteiger partial charge in [0.25, 0.3) is 10.0 Å². The lowest BCUT2D eigenvalue weighted by Gasteiger charge is -2.24. The Hall–Kier alpha value is -3.10. The minimum Gasteiger partial charge on any atom is -0.494 e. The molecule has 0 aliphatic carbocycles. The van der Waals surface area contributed by atoms with Crippen LogP contribution in [-0.4, -0.2) is 27.5 Å². The first-order valence-corrected chi connectivity index (χ1v) is 11.6. The average molecular weight is 477 g/mol. The molecule has 0 aliphatic rings. The molecule has 1 amide bonds. The molecule has 0 spiro atoms. The van der Waals surface area contributed by atoms with E-state index in [0.717, 1.165) is 4.31 Å². The van der Waals surface area contributed by atoms with Crippen molar-refractivity contribution >= 4 is 33.2 Å². The van der Waals surface area contributed by atoms with Crippen LogP contribution in [0.25, 0.3) is 0 Å². The Balaban J connectivity index is 1.84. The second-order valence-corrected chi connectivity index (χ2v) is 9.09. The fourth-order valence-electron chi connectivity index (χ4n) is 2.91. The van der Waals surface area contributed by atoms with Crippen molar-refractivity contribution in [1.82, 2.24) is 5.32 Å². The molecule has 0 unspecified atom stereocenters. The molecule has 3 rings (SSSR count). The van der Waals surface area contributed by atoms with Crippen molar-refractivity contribution in [3.05, 3.63) is 89.2 Å². The number of carbonyl (C=O) groups excluding carboxylic acids is 1. The highest BCUT2D eigenvalue weighted by atomic mass is 35.5. The Morgan fingerprint density at radius 3 is 2.22 bits per heavy atom. The van der Waals surface area contributed by atoms with Crippen LogP contribution >= 0.6 is 11.6 Å². The Kier molecular flexibility index (Phi) is 7.71. The van der Waals surface area contributed by atoms with E-state index < -0.39 is 22.5 Å². The molecule has 168 valence electrons. The van der Waals surface area contributed by atoms with Crippen molar-refractivity contribution in [2.24, 2.45) is 0 Å². The first kappa shape index (κ1) is 23.6. The van der Waals surface area contributed by atoms with Crippen LogP contribution in [0.2, 0.25) is 5.02 Å². The quantitative estimate of drug-likeness (QED) is 0.497. The molecule has 3 aromatic rings. The van der Waals surface area contributed by atoms with Gasteiger partial charge in [-0.1, -0.05) is 23.7 Å². The standard InChI is InChI=1S/C23H22ClFN2O4S/c1-2-31-21-11-9-20(10-12-21)27(32(29,30)22-13-5-18(24)6-14-22)16-23(28)26-15-17-3-7-19(25)8-4-17/h3-14H,2,15-16H2,1H3,(H,26,28). The van der Waals surface area contributed by atoms with Crippen LogP contribution in [-0.2, 0) is 21.4 Å². The Morgan fingerprint density at radius 2 is 1.62 bits per heavy atom. The average Bonchev–Trinajstić information content (AvgIpc) is 2.78. The summed E-state index contributed by atoms with van der Waals surface area (Å²) in [6.45, 7) is 2.01. The molecule has 9 heteroatoms. The molecule has 0 aromatic heterocycles. The van der Waals surface area contributed by atoms with Gasteiger partial charge < -0.3 is 10.1 Å². The van der Waals surface area contributed by atoms with Gasteiger partial charge in [0, 0.05) is 11.6 Å². The number of carbonyl (C=O) groups is 1. The van der Waals surface area contributed by atoms with Crippen molar-refractivity contribution in [3.8, 4) is 5.75 Å². The molecule has 0 fully saturated rings. The van der Waals surface area contributed by atoms with Crippen molar-refractivity contribution < 1.29 is 22.3 Å². The van der Waals surface area contributed by atoms with E-state index in [1.54, 1.807) is 36.4 Å². The minimum absolute atomic E-state index is 0.00196. The van der Waals surface area contributed by atoms with Gasteiger partial charge in [-0.05, 0) is 73.2 Å². The highest BCUT2D eigenvalue weighted by Crippen LogP contribution is 2.26. The summed E-state index contributed by atoms with van der Waals surface area (Å²) < 4.78 is 46.2. The van der Waals surface area contributed by atoms with Crippen LogP contribution in [0.3, 0.4) is 0 Å². The number of nitrogens with zero attached hydrogens (tertiary/aromatic N) is 1. The van der Waals surface area contributed by atoms with Crippen LogP contribution in [0.1, 0.15) is 12.5 Å². The maximum absolute atomic E-state index is 13.3. The highest BCUT2D eigenvalue weighted by Gasteiger charge is 2.27. The first-order valence-electron chi connectivity index (χ1n) is 9.82. The van der Waals surface area contributed by atoms with Gasteiger partial charge in [-0.3, -0.25) is 9.10 Å². The normalized spacial score (nSPS) is 11.1. The number of amides is 1. The van der Waals surface area contributed by atoms with Gasteiger partial charge in [-0.25, -0.2) is 12.8 Å². The van der Waals surface area contributed by atoms with Gasteiger partial charge in [0.15, 0.2) is 0 Å². The number of nitrogens with one attached hydrogen (secondary N) is 1. The maximum Gasteiger partial charge on any atom is 0.264 e. The molecule has 6 nitrogen and oxygen atoms in total. The molecule has 3 aromatic carbocycles. The van der Waals surface area contributed by atoms with E-state index in [0.29, 0.717) is 28.6 Å². The van der Waals surface area contributed by atoms with Crippen molar-refractivity contribution in [2.45, 2.75) is 18.4 Å². The second-order valence-electron chi connectivity index (χ2n) is 6.80. The topological polar surface area (TPSA) is 75.7 Å². The summed E-state index contributed by atoms with van der Waals surface area (Å²) >= 11 is 5.89. The van der Waals surface area contributed by atoms with Gasteiger partial charge in [0.2, 0.25) is 5.91 Å². The maximum atomic E-state index is 13.3. The van der Waals surface area contributed by atoms with Crippen molar-refractivity contribution in [3.63, 3.8) is 0 Å². The molecule has 0 saturated heterocycles. The van der Waals surface area contributed by atoms with Crippen LogP contribution < -0.4 is 14.4 Å². The molecular weight excluding hydrogens is 455 g/mol. The Bertz CT molecular complexity index is 1150. The largest absolute Gasteiger partial charge is 0.494 e. The SMILES string of the molecule is CCOc1ccc(N(CC(=O)NCc2ccc(F)cc2)S(=O)(=O)c2ccc(Cl)cc2)cc1. The lowest BCUT2D eigenvalue weighted by Crippen LogP contribution is -2.40. The summed E-state index contributed by atoms with van der Waals surface area (Å²) in [6.07, 6.45) is 0. The van der Waals surface area contributed by atoms with Gasteiger partial charge in [0.05, 0.1) is 17.2 Å². The van der Waals surface area contributed by atoms with E-state index >= 15 is 0 Å². The van der Waals surface area contributed by atoms with Gasteiger partial charge in [0.1, 0.15) is 18.1 Å². The molecular formula is C23H22ClFN2O4S. The summed E-state index contributed by atoms with van der Waals surface area (Å²) in [6, 6.07) is 17.8. The van der Waals surface area contributed by atoms with Gasteiger partial charge in [-0.2, -0.15) is 0 Å². The number of rotatable bonds is 9. The third-order valence-corrected chi connectivity index (χ3v) is 6.57. The van der Waals surface area contributed by atoms with E-state index in [2.05, 4.69) is 5.32 Å². The lowest BCUT2D eigenvalue weighted by atomic mass is 10.2. The fourth-order valence-corrected chi connectivity index (χ4v) is 4.46. The molecule has 32 heavy (non-hydrogen) atoms. The molecule has 0 atom stereocenters. The molecule has 0 heterocycles. The zero-order chi connectivity index (χ0) is 23.1. The van der Waals surface area contributed by atoms with E-state index in [4.69, 9.17) is 16.3 Å². The van der Waals surface area contributed by atoms with E-state index in [9.17, 15) is 17.6 Å². The van der Waals surface area contributed by atoms with Crippen LogP contribution in [0.15, 0.2) is 77.7 Å².